The van der Waals surface area contributed by atoms with Gasteiger partial charge in [-0.3, -0.25) is 9.48 Å². The molecule has 1 aliphatic heterocycles. The van der Waals surface area contributed by atoms with Crippen LogP contribution >= 0.6 is 11.3 Å². The molecule has 37 heavy (non-hydrogen) atoms. The number of fused-ring (bicyclic) bond motifs is 1. The maximum Gasteiger partial charge on any atom is 0.264 e. The molecule has 0 radical (unpaired) electrons. The number of carbonyl (C=O) groups is 1. The zero-order chi connectivity index (χ0) is 25.7. The second kappa shape index (κ2) is 9.38. The third-order valence-electron chi connectivity index (χ3n) is 7.34. The largest absolute Gasteiger partial charge is 0.393 e. The lowest BCUT2D eigenvalue weighted by molar-refractivity contribution is 0.0437. The number of nitriles is 1. The molecule has 1 amide bonds. The number of piperidine rings is 1. The Morgan fingerprint density at radius 3 is 2.73 bits per heavy atom. The number of thiophene rings is 1. The van der Waals surface area contributed by atoms with Gasteiger partial charge < -0.3 is 15.7 Å². The molecule has 2 aromatic heterocycles. The summed E-state index contributed by atoms with van der Waals surface area (Å²) in [6.45, 7) is 1.19. The Kier molecular flexibility index (Phi) is 6.03. The van der Waals surface area contributed by atoms with Crippen LogP contribution in [0.5, 0.6) is 0 Å². The van der Waals surface area contributed by atoms with Gasteiger partial charge in [-0.1, -0.05) is 12.1 Å². The number of hydrogen-bond acceptors (Lipinski definition) is 6. The lowest BCUT2D eigenvalue weighted by Crippen LogP contribution is -2.45. The Bertz CT molecular complexity index is 1550. The van der Waals surface area contributed by atoms with Crippen LogP contribution < -0.4 is 5.73 Å². The Hall–Kier alpha value is -3.58. The molecule has 0 bridgehead atoms. The van der Waals surface area contributed by atoms with E-state index < -0.39 is 5.82 Å². The second-order valence-corrected chi connectivity index (χ2v) is 11.0. The van der Waals surface area contributed by atoms with E-state index in [0.717, 1.165) is 39.7 Å². The van der Waals surface area contributed by atoms with Crippen LogP contribution in [-0.2, 0) is 0 Å². The van der Waals surface area contributed by atoms with Gasteiger partial charge >= 0.3 is 0 Å². The van der Waals surface area contributed by atoms with Crippen molar-refractivity contribution in [2.75, 3.05) is 13.1 Å². The van der Waals surface area contributed by atoms with Crippen molar-refractivity contribution in [2.24, 2.45) is 5.73 Å². The summed E-state index contributed by atoms with van der Waals surface area (Å²) in [5, 5.41) is 24.5. The normalized spacial score (nSPS) is 21.6. The molecule has 3 N–H and O–H groups in total. The summed E-state index contributed by atoms with van der Waals surface area (Å²) in [4.78, 5) is 16.6. The molecule has 188 valence electrons. The standard InChI is InChI=1S/C28H26FN5O2S/c29-24-9-16(3-4-18(24)13-30)23-12-26(28(36)33-7-1-2-20(31)15-33)37-27(23)17-5-6-25-19(8-17)14-34(32-25)21-10-22(35)11-21/h3-6,8-9,12,14,20-22,35H,1-2,7,10-11,15,31H2. The number of amides is 1. The zero-order valence-corrected chi connectivity index (χ0v) is 20.9. The van der Waals surface area contributed by atoms with E-state index in [1.54, 1.807) is 11.0 Å². The SMILES string of the molecule is N#Cc1ccc(-c2cc(C(=O)N3CCCC(N)C3)sc2-c2ccc3nn(C4CC(O)C4)cc3c2)cc1F. The fourth-order valence-electron chi connectivity index (χ4n) is 5.20. The topological polar surface area (TPSA) is 108 Å². The smallest absolute Gasteiger partial charge is 0.264 e. The Balaban J connectivity index is 1.42. The molecule has 1 unspecified atom stereocenters. The lowest BCUT2D eigenvalue weighted by Gasteiger charge is -2.31. The molecule has 2 aliphatic rings. The summed E-state index contributed by atoms with van der Waals surface area (Å²) < 4.78 is 16.5. The van der Waals surface area contributed by atoms with Gasteiger partial charge in [-0.25, -0.2) is 4.39 Å². The molecule has 1 saturated carbocycles. The second-order valence-electron chi connectivity index (χ2n) is 9.98. The van der Waals surface area contributed by atoms with Gasteiger partial charge in [0.15, 0.2) is 0 Å². The van der Waals surface area contributed by atoms with Crippen molar-refractivity contribution in [2.45, 2.75) is 43.9 Å². The number of likely N-dealkylation sites (tertiary alicyclic amines) is 1. The summed E-state index contributed by atoms with van der Waals surface area (Å²) in [5.74, 6) is -0.661. The van der Waals surface area contributed by atoms with Crippen LogP contribution in [0.2, 0.25) is 0 Å². The van der Waals surface area contributed by atoms with Crippen molar-refractivity contribution < 1.29 is 14.3 Å². The van der Waals surface area contributed by atoms with E-state index in [2.05, 4.69) is 5.10 Å². The van der Waals surface area contributed by atoms with E-state index in [0.29, 0.717) is 36.4 Å². The van der Waals surface area contributed by atoms with E-state index in [-0.39, 0.29) is 29.7 Å². The number of nitrogens with two attached hydrogens (primary N) is 1. The Labute approximate surface area is 217 Å². The fourth-order valence-corrected chi connectivity index (χ4v) is 6.34. The first-order chi connectivity index (χ1) is 17.9. The summed E-state index contributed by atoms with van der Waals surface area (Å²) in [6, 6.07) is 14.4. The van der Waals surface area contributed by atoms with Crippen LogP contribution in [0.1, 0.15) is 47.0 Å². The first-order valence-electron chi connectivity index (χ1n) is 12.5. The van der Waals surface area contributed by atoms with E-state index in [9.17, 15) is 14.3 Å². The predicted octanol–water partition coefficient (Wildman–Crippen LogP) is 4.70. The van der Waals surface area contributed by atoms with Crippen molar-refractivity contribution in [3.63, 3.8) is 0 Å². The summed E-state index contributed by atoms with van der Waals surface area (Å²) in [6.07, 6.45) is 4.91. The van der Waals surface area contributed by atoms with Crippen molar-refractivity contribution in [3.8, 4) is 27.6 Å². The monoisotopic (exact) mass is 515 g/mol. The van der Waals surface area contributed by atoms with E-state index in [1.165, 1.54) is 23.5 Å². The van der Waals surface area contributed by atoms with Crippen LogP contribution in [0, 0.1) is 17.1 Å². The number of aromatic nitrogens is 2. The molecule has 6 rings (SSSR count). The highest BCUT2D eigenvalue weighted by Crippen LogP contribution is 2.42. The van der Waals surface area contributed by atoms with Gasteiger partial charge in [0.2, 0.25) is 0 Å². The first kappa shape index (κ1) is 23.8. The molecule has 2 fully saturated rings. The summed E-state index contributed by atoms with van der Waals surface area (Å²) >= 11 is 1.38. The van der Waals surface area contributed by atoms with Gasteiger partial charge in [-0.2, -0.15) is 10.4 Å². The number of aliphatic hydroxyl groups excluding tert-OH is 1. The highest BCUT2D eigenvalue weighted by atomic mass is 32.1. The van der Waals surface area contributed by atoms with Crippen LogP contribution in [0.15, 0.2) is 48.7 Å². The van der Waals surface area contributed by atoms with Gasteiger partial charge in [-0.15, -0.1) is 11.3 Å². The van der Waals surface area contributed by atoms with Crippen molar-refractivity contribution in [3.05, 3.63) is 64.9 Å². The van der Waals surface area contributed by atoms with Crippen molar-refractivity contribution >= 4 is 28.1 Å². The minimum atomic E-state index is -0.591. The highest BCUT2D eigenvalue weighted by Gasteiger charge is 2.30. The number of rotatable bonds is 4. The number of hydrogen-bond donors (Lipinski definition) is 2. The van der Waals surface area contributed by atoms with Crippen LogP contribution in [0.25, 0.3) is 32.5 Å². The van der Waals surface area contributed by atoms with E-state index >= 15 is 0 Å². The molecule has 1 saturated heterocycles. The first-order valence-corrected chi connectivity index (χ1v) is 13.3. The van der Waals surface area contributed by atoms with Crippen LogP contribution in [0.3, 0.4) is 0 Å². The molecule has 9 heteroatoms. The average Bonchev–Trinajstić information content (AvgIpc) is 3.50. The number of halogens is 1. The maximum atomic E-state index is 14.6. The van der Waals surface area contributed by atoms with Crippen molar-refractivity contribution in [1.29, 1.82) is 5.26 Å². The Morgan fingerprint density at radius 2 is 2.00 bits per heavy atom. The number of nitrogens with zero attached hydrogens (tertiary/aromatic N) is 4. The highest BCUT2D eigenvalue weighted by molar-refractivity contribution is 7.18. The third kappa shape index (κ3) is 4.42. The molecule has 7 nitrogen and oxygen atoms in total. The third-order valence-corrected chi connectivity index (χ3v) is 8.51. The minimum absolute atomic E-state index is 0.0194. The maximum absolute atomic E-state index is 14.6. The van der Waals surface area contributed by atoms with Crippen molar-refractivity contribution in [1.82, 2.24) is 14.7 Å². The number of carbonyl (C=O) groups excluding carboxylic acids is 1. The Morgan fingerprint density at radius 1 is 1.19 bits per heavy atom. The molecule has 3 heterocycles. The van der Waals surface area contributed by atoms with Crippen LogP contribution in [-0.4, -0.2) is 50.9 Å². The molecule has 1 aliphatic carbocycles. The summed E-state index contributed by atoms with van der Waals surface area (Å²) in [5.41, 5.74) is 9.21. The lowest BCUT2D eigenvalue weighted by atomic mass is 9.90. The van der Waals surface area contributed by atoms with Gasteiger partial charge in [0.1, 0.15) is 11.9 Å². The van der Waals surface area contributed by atoms with E-state index in [4.69, 9.17) is 11.0 Å². The number of aliphatic hydroxyl groups is 1. The van der Waals surface area contributed by atoms with Gasteiger partial charge in [0.25, 0.3) is 5.91 Å². The minimum Gasteiger partial charge on any atom is -0.393 e. The number of benzene rings is 2. The van der Waals surface area contributed by atoms with E-state index in [1.807, 2.05) is 41.2 Å². The molecule has 0 spiro atoms. The molecular formula is C28H26FN5O2S. The van der Waals surface area contributed by atoms with Gasteiger partial charge in [0.05, 0.1) is 28.1 Å². The zero-order valence-electron chi connectivity index (χ0n) is 20.1. The van der Waals surface area contributed by atoms with Gasteiger partial charge in [-0.05, 0) is 67.1 Å². The van der Waals surface area contributed by atoms with Gasteiger partial charge in [0, 0.05) is 41.2 Å². The molecule has 4 aromatic rings. The molecule has 1 atom stereocenters. The average molecular weight is 516 g/mol. The molecule has 2 aromatic carbocycles. The predicted molar refractivity (Wildman–Crippen MR) is 141 cm³/mol. The quantitative estimate of drug-likeness (QED) is 0.410. The fraction of sp³-hybridized carbons (Fsp3) is 0.321. The van der Waals surface area contributed by atoms with Crippen LogP contribution in [0.4, 0.5) is 4.39 Å². The summed E-state index contributed by atoms with van der Waals surface area (Å²) in [7, 11) is 0. The molecular weight excluding hydrogens is 489 g/mol.